The highest BCUT2D eigenvalue weighted by Crippen LogP contribution is 2.22. The summed E-state index contributed by atoms with van der Waals surface area (Å²) in [5.41, 5.74) is 2.08. The number of fused-ring (bicyclic) bond motifs is 1. The van der Waals surface area contributed by atoms with Gasteiger partial charge in [0.1, 0.15) is 0 Å². The number of nitrogens with zero attached hydrogens (tertiary/aromatic N) is 1. The lowest BCUT2D eigenvalue weighted by molar-refractivity contribution is 1.15. The average Bonchev–Trinajstić information content (AvgIpc) is 2.05. The van der Waals surface area contributed by atoms with Crippen LogP contribution in [0.1, 0.15) is 0 Å². The molecule has 0 unspecified atom stereocenters. The van der Waals surface area contributed by atoms with Crippen molar-refractivity contribution in [3.8, 4) is 0 Å². The number of benzene rings is 1. The molecular weight excluding hydrogens is 124 g/mol. The average molecular weight is 131 g/mol. The van der Waals surface area contributed by atoms with Crippen LogP contribution in [0.4, 0.5) is 11.4 Å². The molecule has 0 spiro atoms. The van der Waals surface area contributed by atoms with E-state index in [1.807, 2.05) is 30.5 Å². The second-order valence-electron chi connectivity index (χ2n) is 2.11. The molecule has 10 heavy (non-hydrogen) atoms. The monoisotopic (exact) mass is 131 g/mol. The van der Waals surface area contributed by atoms with Crippen LogP contribution in [0.15, 0.2) is 36.7 Å². The molecule has 0 bridgehead atoms. The maximum atomic E-state index is 4.15. The smallest absolute Gasteiger partial charge is 0.0864 e. The van der Waals surface area contributed by atoms with Gasteiger partial charge in [-0.2, -0.15) is 0 Å². The molecule has 0 aromatic heterocycles. The highest BCUT2D eigenvalue weighted by molar-refractivity contribution is 5.67. The first-order valence-electron chi connectivity index (χ1n) is 3.18. The molecule has 0 saturated carbocycles. The second kappa shape index (κ2) is 2.06. The maximum absolute atomic E-state index is 4.15. The van der Waals surface area contributed by atoms with E-state index in [9.17, 15) is 0 Å². The first-order valence-corrected chi connectivity index (χ1v) is 3.18. The predicted octanol–water partition coefficient (Wildman–Crippen LogP) is 1.82. The molecular formula is C8H7N2. The fourth-order valence-electron chi connectivity index (χ4n) is 0.953. The Morgan fingerprint density at radius 1 is 1.20 bits per heavy atom. The first kappa shape index (κ1) is 5.35. The van der Waals surface area contributed by atoms with Crippen molar-refractivity contribution < 1.29 is 0 Å². The van der Waals surface area contributed by atoms with E-state index in [4.69, 9.17) is 0 Å². The summed E-state index contributed by atoms with van der Waals surface area (Å²) in [4.78, 5) is 0. The van der Waals surface area contributed by atoms with Crippen molar-refractivity contribution in [1.82, 2.24) is 5.32 Å². The minimum Gasteiger partial charge on any atom is -0.358 e. The van der Waals surface area contributed by atoms with E-state index in [1.165, 1.54) is 0 Å². The Morgan fingerprint density at radius 2 is 2.10 bits per heavy atom. The maximum Gasteiger partial charge on any atom is 0.0864 e. The first-order chi connectivity index (χ1) is 4.97. The fraction of sp³-hybridized carbons (Fsp3) is 0. The summed E-state index contributed by atoms with van der Waals surface area (Å²) < 4.78 is 0. The highest BCUT2D eigenvalue weighted by Gasteiger charge is 2.00. The normalized spacial score (nSPS) is 13.2. The molecule has 1 aliphatic heterocycles. The molecule has 0 atom stereocenters. The van der Waals surface area contributed by atoms with Gasteiger partial charge in [-0.25, -0.2) is 0 Å². The number of anilines is 1. The van der Waals surface area contributed by atoms with Gasteiger partial charge in [0.25, 0.3) is 0 Å². The van der Waals surface area contributed by atoms with Crippen LogP contribution < -0.4 is 10.6 Å². The molecule has 0 amide bonds. The largest absolute Gasteiger partial charge is 0.358 e. The SMILES string of the molecule is C1=CNc2ccccc2[N]1. The van der Waals surface area contributed by atoms with Crippen LogP contribution in [-0.4, -0.2) is 0 Å². The molecule has 1 heterocycles. The van der Waals surface area contributed by atoms with Crippen molar-refractivity contribution in [2.75, 3.05) is 5.32 Å². The summed E-state index contributed by atoms with van der Waals surface area (Å²) in [7, 11) is 0. The summed E-state index contributed by atoms with van der Waals surface area (Å²) >= 11 is 0. The van der Waals surface area contributed by atoms with Crippen molar-refractivity contribution in [3.63, 3.8) is 0 Å². The van der Waals surface area contributed by atoms with Crippen molar-refractivity contribution in [3.05, 3.63) is 36.7 Å². The summed E-state index contributed by atoms with van der Waals surface area (Å²) in [6, 6.07) is 7.94. The van der Waals surface area contributed by atoms with Crippen molar-refractivity contribution in [2.24, 2.45) is 0 Å². The van der Waals surface area contributed by atoms with Crippen LogP contribution in [0.2, 0.25) is 0 Å². The Morgan fingerprint density at radius 3 is 3.00 bits per heavy atom. The van der Waals surface area contributed by atoms with Gasteiger partial charge >= 0.3 is 0 Å². The van der Waals surface area contributed by atoms with Crippen LogP contribution >= 0.6 is 0 Å². The molecule has 1 aromatic carbocycles. The van der Waals surface area contributed by atoms with E-state index in [-0.39, 0.29) is 0 Å². The van der Waals surface area contributed by atoms with Gasteiger partial charge in [0, 0.05) is 12.4 Å². The van der Waals surface area contributed by atoms with Gasteiger partial charge in [0.2, 0.25) is 0 Å². The van der Waals surface area contributed by atoms with Crippen LogP contribution in [0.25, 0.3) is 0 Å². The van der Waals surface area contributed by atoms with Gasteiger partial charge in [-0.05, 0) is 12.1 Å². The molecule has 0 aliphatic carbocycles. The number of hydrogen-bond donors (Lipinski definition) is 1. The Kier molecular flexibility index (Phi) is 1.10. The lowest BCUT2D eigenvalue weighted by Gasteiger charge is -2.10. The third-order valence-electron chi connectivity index (χ3n) is 1.43. The number of nitrogens with one attached hydrogen (secondary N) is 1. The van der Waals surface area contributed by atoms with Gasteiger partial charge in [-0.3, -0.25) is 5.32 Å². The standard InChI is InChI=1S/C8H7N2/c1-2-4-8-7(3-1)9-5-6-10-8/h1-6,9H. The van der Waals surface area contributed by atoms with Gasteiger partial charge in [-0.15, -0.1) is 0 Å². The van der Waals surface area contributed by atoms with Gasteiger partial charge in [0.05, 0.1) is 11.4 Å². The van der Waals surface area contributed by atoms with E-state index >= 15 is 0 Å². The van der Waals surface area contributed by atoms with Crippen molar-refractivity contribution in [1.29, 1.82) is 0 Å². The second-order valence-corrected chi connectivity index (χ2v) is 2.11. The Hall–Kier alpha value is -1.44. The molecule has 1 N–H and O–H groups in total. The Bertz CT molecular complexity index is 239. The fourth-order valence-corrected chi connectivity index (χ4v) is 0.953. The quantitative estimate of drug-likeness (QED) is 0.571. The topological polar surface area (TPSA) is 26.1 Å². The number of para-hydroxylation sites is 2. The third kappa shape index (κ3) is 0.739. The lowest BCUT2D eigenvalue weighted by atomic mass is 10.2. The van der Waals surface area contributed by atoms with Crippen molar-refractivity contribution in [2.45, 2.75) is 0 Å². The molecule has 0 saturated heterocycles. The molecule has 1 aromatic rings. The molecule has 2 nitrogen and oxygen atoms in total. The van der Waals surface area contributed by atoms with Gasteiger partial charge in [-0.1, -0.05) is 12.1 Å². The number of hydrogen-bond acceptors (Lipinski definition) is 1. The third-order valence-corrected chi connectivity index (χ3v) is 1.43. The molecule has 2 rings (SSSR count). The molecule has 0 fully saturated rings. The van der Waals surface area contributed by atoms with E-state index in [0.29, 0.717) is 0 Å². The highest BCUT2D eigenvalue weighted by atomic mass is 15.0. The van der Waals surface area contributed by atoms with Crippen LogP contribution in [-0.2, 0) is 0 Å². The van der Waals surface area contributed by atoms with Gasteiger partial charge in [0.15, 0.2) is 0 Å². The zero-order chi connectivity index (χ0) is 6.81. The van der Waals surface area contributed by atoms with E-state index in [0.717, 1.165) is 11.4 Å². The summed E-state index contributed by atoms with van der Waals surface area (Å²) in [5.74, 6) is 0. The molecule has 1 radical (unpaired) electrons. The lowest BCUT2D eigenvalue weighted by Crippen LogP contribution is -2.00. The molecule has 1 aliphatic rings. The molecule has 2 heteroatoms. The number of rotatable bonds is 0. The minimum absolute atomic E-state index is 1.00. The minimum atomic E-state index is 1.00. The summed E-state index contributed by atoms with van der Waals surface area (Å²) in [6.45, 7) is 0. The van der Waals surface area contributed by atoms with E-state index in [1.54, 1.807) is 6.20 Å². The molecule has 49 valence electrons. The van der Waals surface area contributed by atoms with Crippen molar-refractivity contribution >= 4 is 11.4 Å². The van der Waals surface area contributed by atoms with Crippen LogP contribution in [0, 0.1) is 0 Å². The van der Waals surface area contributed by atoms with E-state index < -0.39 is 0 Å². The van der Waals surface area contributed by atoms with Crippen LogP contribution in [0.3, 0.4) is 0 Å². The summed E-state index contributed by atoms with van der Waals surface area (Å²) in [5, 5.41) is 7.24. The Labute approximate surface area is 59.6 Å². The zero-order valence-corrected chi connectivity index (χ0v) is 5.41. The summed E-state index contributed by atoms with van der Waals surface area (Å²) in [6.07, 6.45) is 3.57. The van der Waals surface area contributed by atoms with Crippen LogP contribution in [0.5, 0.6) is 0 Å². The predicted molar refractivity (Wildman–Crippen MR) is 41.0 cm³/mol. The Balaban J connectivity index is 2.47. The zero-order valence-electron chi connectivity index (χ0n) is 5.41. The van der Waals surface area contributed by atoms with Gasteiger partial charge < -0.3 is 5.32 Å². The van der Waals surface area contributed by atoms with E-state index in [2.05, 4.69) is 10.6 Å².